The SMILES string of the molecule is CC(C)c1ccc(CNC(=O)C(=O)N/N=C\c2cccs2)cc1. The molecule has 0 aliphatic rings. The number of rotatable bonds is 5. The fourth-order valence-corrected chi connectivity index (χ4v) is 2.44. The summed E-state index contributed by atoms with van der Waals surface area (Å²) in [6.07, 6.45) is 1.50. The Morgan fingerprint density at radius 3 is 2.52 bits per heavy atom. The van der Waals surface area contributed by atoms with E-state index in [1.807, 2.05) is 41.8 Å². The molecule has 0 aliphatic heterocycles. The smallest absolute Gasteiger partial charge is 0.329 e. The van der Waals surface area contributed by atoms with Crippen LogP contribution in [0.5, 0.6) is 0 Å². The second-order valence-electron chi connectivity index (χ2n) is 5.29. The molecular formula is C17H19N3O2S. The Hall–Kier alpha value is -2.47. The topological polar surface area (TPSA) is 70.6 Å². The highest BCUT2D eigenvalue weighted by molar-refractivity contribution is 7.11. The number of amides is 2. The monoisotopic (exact) mass is 329 g/mol. The van der Waals surface area contributed by atoms with E-state index >= 15 is 0 Å². The maximum absolute atomic E-state index is 11.7. The Morgan fingerprint density at radius 1 is 1.17 bits per heavy atom. The molecule has 120 valence electrons. The van der Waals surface area contributed by atoms with E-state index in [0.717, 1.165) is 10.4 Å². The second kappa shape index (κ2) is 8.24. The number of hydrogen-bond acceptors (Lipinski definition) is 4. The molecule has 1 heterocycles. The zero-order valence-electron chi connectivity index (χ0n) is 13.1. The second-order valence-corrected chi connectivity index (χ2v) is 6.27. The van der Waals surface area contributed by atoms with Gasteiger partial charge in [0.15, 0.2) is 0 Å². The van der Waals surface area contributed by atoms with Gasteiger partial charge in [-0.2, -0.15) is 5.10 Å². The Morgan fingerprint density at radius 2 is 1.91 bits per heavy atom. The molecule has 0 saturated heterocycles. The van der Waals surface area contributed by atoms with Gasteiger partial charge in [-0.1, -0.05) is 44.2 Å². The number of nitrogens with zero attached hydrogens (tertiary/aromatic N) is 1. The van der Waals surface area contributed by atoms with Crippen LogP contribution in [0.15, 0.2) is 46.9 Å². The van der Waals surface area contributed by atoms with Gasteiger partial charge in [0, 0.05) is 11.4 Å². The van der Waals surface area contributed by atoms with E-state index in [1.165, 1.54) is 23.1 Å². The average Bonchev–Trinajstić information content (AvgIpc) is 3.06. The summed E-state index contributed by atoms with van der Waals surface area (Å²) >= 11 is 1.49. The van der Waals surface area contributed by atoms with Crippen LogP contribution in [0.3, 0.4) is 0 Å². The summed E-state index contributed by atoms with van der Waals surface area (Å²) in [7, 11) is 0. The summed E-state index contributed by atoms with van der Waals surface area (Å²) in [5.41, 5.74) is 4.39. The van der Waals surface area contributed by atoms with Crippen molar-refractivity contribution in [2.45, 2.75) is 26.3 Å². The number of carbonyl (C=O) groups is 2. The quantitative estimate of drug-likeness (QED) is 0.503. The lowest BCUT2D eigenvalue weighted by Crippen LogP contribution is -2.37. The molecule has 0 spiro atoms. The van der Waals surface area contributed by atoms with Crippen LogP contribution < -0.4 is 10.7 Å². The van der Waals surface area contributed by atoms with Crippen molar-refractivity contribution in [2.75, 3.05) is 0 Å². The normalized spacial score (nSPS) is 10.9. The fourth-order valence-electron chi connectivity index (χ4n) is 1.85. The van der Waals surface area contributed by atoms with Crippen LogP contribution in [0.2, 0.25) is 0 Å². The lowest BCUT2D eigenvalue weighted by atomic mass is 10.0. The largest absolute Gasteiger partial charge is 0.344 e. The number of nitrogens with one attached hydrogen (secondary N) is 2. The standard InChI is InChI=1S/C17H19N3O2S/c1-12(2)14-7-5-13(6-8-14)10-18-16(21)17(22)20-19-11-15-4-3-9-23-15/h3-9,11-12H,10H2,1-2H3,(H,18,21)(H,20,22)/b19-11-. The van der Waals surface area contributed by atoms with E-state index < -0.39 is 11.8 Å². The van der Waals surface area contributed by atoms with Gasteiger partial charge < -0.3 is 5.32 Å². The van der Waals surface area contributed by atoms with Crippen LogP contribution in [0.1, 0.15) is 35.8 Å². The summed E-state index contributed by atoms with van der Waals surface area (Å²) < 4.78 is 0. The number of hydrogen-bond donors (Lipinski definition) is 2. The Balaban J connectivity index is 1.78. The molecule has 5 nitrogen and oxygen atoms in total. The van der Waals surface area contributed by atoms with Crippen molar-refractivity contribution in [3.05, 3.63) is 57.8 Å². The van der Waals surface area contributed by atoms with E-state index in [4.69, 9.17) is 0 Å². The Bertz CT molecular complexity index is 676. The molecule has 23 heavy (non-hydrogen) atoms. The molecule has 0 fully saturated rings. The third-order valence-corrected chi connectivity index (χ3v) is 4.01. The first kappa shape index (κ1) is 16.9. The van der Waals surface area contributed by atoms with Gasteiger partial charge in [0.2, 0.25) is 0 Å². The molecule has 6 heteroatoms. The minimum atomic E-state index is -0.781. The molecule has 2 N–H and O–H groups in total. The van der Waals surface area contributed by atoms with E-state index in [1.54, 1.807) is 0 Å². The predicted octanol–water partition coefficient (Wildman–Crippen LogP) is 2.64. The van der Waals surface area contributed by atoms with Gasteiger partial charge in [0.25, 0.3) is 0 Å². The molecule has 0 unspecified atom stereocenters. The summed E-state index contributed by atoms with van der Waals surface area (Å²) in [6, 6.07) is 11.7. The fraction of sp³-hybridized carbons (Fsp3) is 0.235. The third-order valence-electron chi connectivity index (χ3n) is 3.21. The average molecular weight is 329 g/mol. The molecule has 0 radical (unpaired) electrons. The minimum absolute atomic E-state index is 0.305. The van der Waals surface area contributed by atoms with Crippen molar-refractivity contribution in [1.82, 2.24) is 10.7 Å². The number of benzene rings is 1. The minimum Gasteiger partial charge on any atom is -0.344 e. The Kier molecular flexibility index (Phi) is 6.05. The van der Waals surface area contributed by atoms with Gasteiger partial charge in [-0.3, -0.25) is 9.59 Å². The lowest BCUT2D eigenvalue weighted by molar-refractivity contribution is -0.139. The first-order valence-corrected chi connectivity index (χ1v) is 8.18. The Labute approximate surface area is 139 Å². The first-order valence-electron chi connectivity index (χ1n) is 7.30. The van der Waals surface area contributed by atoms with E-state index in [9.17, 15) is 9.59 Å². The molecule has 1 aromatic carbocycles. The molecule has 0 aliphatic carbocycles. The van der Waals surface area contributed by atoms with E-state index in [0.29, 0.717) is 12.5 Å². The zero-order valence-corrected chi connectivity index (χ0v) is 13.9. The van der Waals surface area contributed by atoms with Crippen LogP contribution in [0.25, 0.3) is 0 Å². The van der Waals surface area contributed by atoms with Gasteiger partial charge in [-0.05, 0) is 28.5 Å². The van der Waals surface area contributed by atoms with Crippen molar-refractivity contribution < 1.29 is 9.59 Å². The van der Waals surface area contributed by atoms with Crippen LogP contribution in [0, 0.1) is 0 Å². The van der Waals surface area contributed by atoms with Crippen LogP contribution in [-0.2, 0) is 16.1 Å². The molecular weight excluding hydrogens is 310 g/mol. The predicted molar refractivity (Wildman–Crippen MR) is 92.4 cm³/mol. The van der Waals surface area contributed by atoms with Crippen molar-refractivity contribution in [3.8, 4) is 0 Å². The first-order chi connectivity index (χ1) is 11.1. The number of hydrazone groups is 1. The van der Waals surface area contributed by atoms with Gasteiger partial charge >= 0.3 is 11.8 Å². The highest BCUT2D eigenvalue weighted by atomic mass is 32.1. The molecule has 0 saturated carbocycles. The summed E-state index contributed by atoms with van der Waals surface area (Å²) in [6.45, 7) is 4.55. The number of carbonyl (C=O) groups excluding carboxylic acids is 2. The molecule has 0 atom stereocenters. The molecule has 2 aromatic rings. The molecule has 0 bridgehead atoms. The lowest BCUT2D eigenvalue weighted by Gasteiger charge is -2.07. The van der Waals surface area contributed by atoms with Crippen LogP contribution in [0.4, 0.5) is 0 Å². The van der Waals surface area contributed by atoms with Crippen molar-refractivity contribution in [1.29, 1.82) is 0 Å². The third kappa shape index (κ3) is 5.34. The van der Waals surface area contributed by atoms with Gasteiger partial charge in [0.1, 0.15) is 0 Å². The highest BCUT2D eigenvalue weighted by Gasteiger charge is 2.11. The van der Waals surface area contributed by atoms with Gasteiger partial charge in [-0.25, -0.2) is 5.43 Å². The summed E-state index contributed by atoms with van der Waals surface area (Å²) in [5, 5.41) is 8.22. The summed E-state index contributed by atoms with van der Waals surface area (Å²) in [4.78, 5) is 24.2. The van der Waals surface area contributed by atoms with Gasteiger partial charge in [-0.15, -0.1) is 11.3 Å². The van der Waals surface area contributed by atoms with Crippen molar-refractivity contribution >= 4 is 29.4 Å². The maximum atomic E-state index is 11.7. The summed E-state index contributed by atoms with van der Waals surface area (Å²) in [5.74, 6) is -1.02. The van der Waals surface area contributed by atoms with Crippen molar-refractivity contribution in [3.63, 3.8) is 0 Å². The molecule has 2 rings (SSSR count). The van der Waals surface area contributed by atoms with Crippen LogP contribution in [-0.4, -0.2) is 18.0 Å². The molecule has 2 amide bonds. The molecule has 1 aromatic heterocycles. The maximum Gasteiger partial charge on any atom is 0.329 e. The van der Waals surface area contributed by atoms with E-state index in [2.05, 4.69) is 29.7 Å². The zero-order chi connectivity index (χ0) is 16.7. The van der Waals surface area contributed by atoms with E-state index in [-0.39, 0.29) is 0 Å². The van der Waals surface area contributed by atoms with Crippen LogP contribution >= 0.6 is 11.3 Å². The highest BCUT2D eigenvalue weighted by Crippen LogP contribution is 2.14. The number of thiophene rings is 1. The van der Waals surface area contributed by atoms with Crippen molar-refractivity contribution in [2.24, 2.45) is 5.10 Å². The van der Waals surface area contributed by atoms with Gasteiger partial charge in [0.05, 0.1) is 6.21 Å².